The fourth-order valence-corrected chi connectivity index (χ4v) is 3.12. The predicted molar refractivity (Wildman–Crippen MR) is 95.6 cm³/mol. The Morgan fingerprint density at radius 1 is 1.12 bits per heavy atom. The average molecular weight is 364 g/mol. The Labute approximate surface area is 147 Å². The maximum atomic E-state index is 12.4. The second kappa shape index (κ2) is 7.89. The van der Waals surface area contributed by atoms with Crippen molar-refractivity contribution in [2.45, 2.75) is 18.7 Å². The molecule has 0 aromatic heterocycles. The number of anilines is 2. The van der Waals surface area contributed by atoms with Crippen LogP contribution >= 0.6 is 0 Å². The minimum atomic E-state index is -3.72. The summed E-state index contributed by atoms with van der Waals surface area (Å²) in [6.45, 7) is 3.81. The van der Waals surface area contributed by atoms with Gasteiger partial charge in [0.1, 0.15) is 5.75 Å². The van der Waals surface area contributed by atoms with Crippen LogP contribution in [0, 0.1) is 6.92 Å². The van der Waals surface area contributed by atoms with E-state index in [0.717, 1.165) is 5.56 Å². The molecule has 0 aliphatic carbocycles. The van der Waals surface area contributed by atoms with E-state index in [-0.39, 0.29) is 11.5 Å². The summed E-state index contributed by atoms with van der Waals surface area (Å²) in [5, 5.41) is 2.53. The lowest BCUT2D eigenvalue weighted by Gasteiger charge is -2.13. The van der Waals surface area contributed by atoms with Crippen LogP contribution < -0.4 is 14.8 Å². The van der Waals surface area contributed by atoms with Gasteiger partial charge >= 0.3 is 6.09 Å². The highest BCUT2D eigenvalue weighted by molar-refractivity contribution is 7.92. The number of hydrogen-bond donors (Lipinski definition) is 2. The number of carbonyl (C=O) groups excluding carboxylic acids is 1. The number of sulfonamides is 1. The zero-order chi connectivity index (χ0) is 18.4. The molecule has 2 N–H and O–H groups in total. The molecule has 2 rings (SSSR count). The topological polar surface area (TPSA) is 93.7 Å². The molecule has 25 heavy (non-hydrogen) atoms. The normalized spacial score (nSPS) is 10.8. The van der Waals surface area contributed by atoms with E-state index in [1.807, 2.05) is 6.92 Å². The Morgan fingerprint density at radius 3 is 2.40 bits per heavy atom. The third kappa shape index (κ3) is 4.87. The molecule has 0 spiro atoms. The van der Waals surface area contributed by atoms with Gasteiger partial charge in [0, 0.05) is 6.07 Å². The van der Waals surface area contributed by atoms with E-state index < -0.39 is 16.1 Å². The lowest BCUT2D eigenvalue weighted by Crippen LogP contribution is -2.15. The van der Waals surface area contributed by atoms with Crippen molar-refractivity contribution in [3.05, 3.63) is 48.0 Å². The fourth-order valence-electron chi connectivity index (χ4n) is 2.07. The summed E-state index contributed by atoms with van der Waals surface area (Å²) in [4.78, 5) is 11.7. The standard InChI is InChI=1S/C17H20N2O5S/c1-4-24-17(20)18-15-10-7-13(11-16(15)23-3)19-25(21,22)14-8-5-12(2)6-9-14/h5-11,19H,4H2,1-3H3,(H,18,20). The molecule has 2 aromatic carbocycles. The number of methoxy groups -OCH3 is 1. The van der Waals surface area contributed by atoms with Gasteiger partial charge in [0.25, 0.3) is 10.0 Å². The van der Waals surface area contributed by atoms with Crippen LogP contribution in [0.5, 0.6) is 5.75 Å². The number of nitrogens with one attached hydrogen (secondary N) is 2. The molecule has 0 aliphatic rings. The van der Waals surface area contributed by atoms with Crippen LogP contribution in [0.15, 0.2) is 47.4 Å². The summed E-state index contributed by atoms with van der Waals surface area (Å²) >= 11 is 0. The zero-order valence-corrected chi connectivity index (χ0v) is 15.0. The van der Waals surface area contributed by atoms with Gasteiger partial charge in [-0.3, -0.25) is 10.0 Å². The Hall–Kier alpha value is -2.74. The second-order valence-corrected chi connectivity index (χ2v) is 6.86. The van der Waals surface area contributed by atoms with Crippen LogP contribution in [0.4, 0.5) is 16.2 Å². The number of ether oxygens (including phenoxy) is 2. The van der Waals surface area contributed by atoms with Gasteiger partial charge in [-0.15, -0.1) is 0 Å². The van der Waals surface area contributed by atoms with Crippen molar-refractivity contribution >= 4 is 27.5 Å². The molecular weight excluding hydrogens is 344 g/mol. The van der Waals surface area contributed by atoms with E-state index in [2.05, 4.69) is 10.0 Å². The first-order chi connectivity index (χ1) is 11.9. The highest BCUT2D eigenvalue weighted by atomic mass is 32.2. The number of aryl methyl sites for hydroxylation is 1. The molecule has 1 amide bonds. The van der Waals surface area contributed by atoms with Crippen molar-refractivity contribution in [3.63, 3.8) is 0 Å². The molecule has 7 nitrogen and oxygen atoms in total. The average Bonchev–Trinajstić information content (AvgIpc) is 2.56. The summed E-state index contributed by atoms with van der Waals surface area (Å²) in [5.74, 6) is 0.303. The lowest BCUT2D eigenvalue weighted by molar-refractivity contribution is 0.168. The van der Waals surface area contributed by atoms with Gasteiger partial charge in [-0.05, 0) is 38.1 Å². The molecule has 0 radical (unpaired) electrons. The monoisotopic (exact) mass is 364 g/mol. The Morgan fingerprint density at radius 2 is 1.80 bits per heavy atom. The molecular formula is C17H20N2O5S. The molecule has 134 valence electrons. The van der Waals surface area contributed by atoms with Crippen LogP contribution in [0.3, 0.4) is 0 Å². The maximum Gasteiger partial charge on any atom is 0.411 e. The van der Waals surface area contributed by atoms with E-state index in [1.165, 1.54) is 37.4 Å². The summed E-state index contributed by atoms with van der Waals surface area (Å²) < 4.78 is 37.3. The highest BCUT2D eigenvalue weighted by Gasteiger charge is 2.16. The molecule has 0 heterocycles. The zero-order valence-electron chi connectivity index (χ0n) is 14.2. The first kappa shape index (κ1) is 18.6. The van der Waals surface area contributed by atoms with Crippen LogP contribution in [0.1, 0.15) is 12.5 Å². The number of rotatable bonds is 6. The van der Waals surface area contributed by atoms with Crippen molar-refractivity contribution in [1.29, 1.82) is 0 Å². The van der Waals surface area contributed by atoms with Gasteiger partial charge < -0.3 is 9.47 Å². The van der Waals surface area contributed by atoms with Crippen LogP contribution in [0.2, 0.25) is 0 Å². The minimum absolute atomic E-state index is 0.158. The van der Waals surface area contributed by atoms with Gasteiger partial charge in [-0.1, -0.05) is 17.7 Å². The SMILES string of the molecule is CCOC(=O)Nc1ccc(NS(=O)(=O)c2ccc(C)cc2)cc1OC. The molecule has 0 atom stereocenters. The first-order valence-corrected chi connectivity index (χ1v) is 9.05. The maximum absolute atomic E-state index is 12.4. The number of hydrogen-bond acceptors (Lipinski definition) is 5. The van der Waals surface area contributed by atoms with E-state index in [0.29, 0.717) is 17.1 Å². The molecule has 0 saturated heterocycles. The third-order valence-electron chi connectivity index (χ3n) is 3.30. The van der Waals surface area contributed by atoms with Crippen molar-refractivity contribution in [2.24, 2.45) is 0 Å². The third-order valence-corrected chi connectivity index (χ3v) is 4.69. The van der Waals surface area contributed by atoms with Crippen LogP contribution in [0.25, 0.3) is 0 Å². The van der Waals surface area contributed by atoms with Crippen molar-refractivity contribution in [1.82, 2.24) is 0 Å². The molecule has 0 aliphatic heterocycles. The van der Waals surface area contributed by atoms with Crippen molar-refractivity contribution in [2.75, 3.05) is 23.8 Å². The number of carbonyl (C=O) groups is 1. The molecule has 0 fully saturated rings. The largest absolute Gasteiger partial charge is 0.494 e. The summed E-state index contributed by atoms with van der Waals surface area (Å²) in [6, 6.07) is 11.0. The van der Waals surface area contributed by atoms with E-state index in [9.17, 15) is 13.2 Å². The first-order valence-electron chi connectivity index (χ1n) is 7.57. The Balaban J connectivity index is 2.22. The minimum Gasteiger partial charge on any atom is -0.494 e. The molecule has 0 bridgehead atoms. The van der Waals surface area contributed by atoms with Crippen LogP contribution in [-0.2, 0) is 14.8 Å². The van der Waals surface area contributed by atoms with Gasteiger partial charge in [0.15, 0.2) is 0 Å². The smallest absolute Gasteiger partial charge is 0.411 e. The van der Waals surface area contributed by atoms with Gasteiger partial charge in [-0.25, -0.2) is 13.2 Å². The summed E-state index contributed by atoms with van der Waals surface area (Å²) in [7, 11) is -2.30. The number of amides is 1. The van der Waals surface area contributed by atoms with Crippen molar-refractivity contribution in [3.8, 4) is 5.75 Å². The van der Waals surface area contributed by atoms with Gasteiger partial charge in [0.2, 0.25) is 0 Å². The molecule has 0 saturated carbocycles. The Bertz CT molecular complexity index is 848. The van der Waals surface area contributed by atoms with Gasteiger partial charge in [0.05, 0.1) is 30.0 Å². The Kier molecular flexibility index (Phi) is 5.87. The lowest BCUT2D eigenvalue weighted by atomic mass is 10.2. The van der Waals surface area contributed by atoms with E-state index >= 15 is 0 Å². The van der Waals surface area contributed by atoms with Gasteiger partial charge in [-0.2, -0.15) is 0 Å². The van der Waals surface area contributed by atoms with Crippen LogP contribution in [-0.4, -0.2) is 28.2 Å². The summed E-state index contributed by atoms with van der Waals surface area (Å²) in [6.07, 6.45) is -0.617. The molecule has 2 aromatic rings. The fraction of sp³-hybridized carbons (Fsp3) is 0.235. The van der Waals surface area contributed by atoms with E-state index in [1.54, 1.807) is 19.1 Å². The molecule has 0 unspecified atom stereocenters. The molecule has 8 heteroatoms. The highest BCUT2D eigenvalue weighted by Crippen LogP contribution is 2.29. The summed E-state index contributed by atoms with van der Waals surface area (Å²) in [5.41, 5.74) is 1.65. The predicted octanol–water partition coefficient (Wildman–Crippen LogP) is 3.37. The second-order valence-electron chi connectivity index (χ2n) is 5.18. The number of benzene rings is 2. The van der Waals surface area contributed by atoms with Crippen molar-refractivity contribution < 1.29 is 22.7 Å². The quantitative estimate of drug-likeness (QED) is 0.820. The van der Waals surface area contributed by atoms with E-state index in [4.69, 9.17) is 9.47 Å².